The molecule has 7 nitrogen and oxygen atoms in total. The van der Waals surface area contributed by atoms with Crippen LogP contribution in [-0.2, 0) is 29.8 Å². The van der Waals surface area contributed by atoms with E-state index < -0.39 is 0 Å². The number of anilines is 1. The van der Waals surface area contributed by atoms with E-state index in [1.807, 2.05) is 6.92 Å². The van der Waals surface area contributed by atoms with Crippen molar-refractivity contribution >= 4 is 55.7 Å². The van der Waals surface area contributed by atoms with Crippen LogP contribution >= 0.6 is 34.4 Å². The lowest BCUT2D eigenvalue weighted by atomic mass is 9.97. The summed E-state index contributed by atoms with van der Waals surface area (Å²) in [7, 11) is 0. The van der Waals surface area contributed by atoms with Crippen molar-refractivity contribution in [3.63, 3.8) is 0 Å². The molecule has 0 aliphatic heterocycles. The molecule has 142 valence electrons. The van der Waals surface area contributed by atoms with Crippen LogP contribution in [0.2, 0.25) is 0 Å². The fraction of sp³-hybridized carbons (Fsp3) is 0.471. The number of aromatic nitrogens is 4. The number of hydrogen-bond acceptors (Lipinski definition) is 8. The normalized spacial score (nSPS) is 13.7. The van der Waals surface area contributed by atoms with E-state index >= 15 is 0 Å². The Hall–Kier alpha value is -1.78. The number of hydrogen-bond donors (Lipinski definition) is 2. The average Bonchev–Trinajstić information content (AvgIpc) is 3.25. The van der Waals surface area contributed by atoms with E-state index in [9.17, 15) is 9.59 Å². The summed E-state index contributed by atoms with van der Waals surface area (Å²) in [6.07, 6.45) is 5.14. The molecule has 0 radical (unpaired) electrons. The molecule has 0 atom stereocenters. The maximum Gasteiger partial charge on any atom is 0.259 e. The Kier molecular flexibility index (Phi) is 5.55. The third-order valence-corrected chi connectivity index (χ3v) is 7.47. The van der Waals surface area contributed by atoms with Crippen molar-refractivity contribution in [1.82, 2.24) is 20.2 Å². The summed E-state index contributed by atoms with van der Waals surface area (Å²) in [5.74, 6) is 1.24. The molecule has 0 bridgehead atoms. The first-order valence-electron chi connectivity index (χ1n) is 8.87. The molecule has 2 N–H and O–H groups in total. The van der Waals surface area contributed by atoms with Gasteiger partial charge in [0.05, 0.1) is 16.9 Å². The molecule has 3 aromatic heterocycles. The lowest BCUT2D eigenvalue weighted by Gasteiger charge is -2.09. The molecule has 3 heterocycles. The third kappa shape index (κ3) is 4.07. The monoisotopic (exact) mass is 421 g/mol. The summed E-state index contributed by atoms with van der Waals surface area (Å²) in [5, 5.41) is 12.9. The van der Waals surface area contributed by atoms with Crippen LogP contribution < -0.4 is 10.9 Å². The molecule has 1 aliphatic carbocycles. The van der Waals surface area contributed by atoms with Gasteiger partial charge in [-0.25, -0.2) is 4.98 Å². The topological polar surface area (TPSA) is 101 Å². The van der Waals surface area contributed by atoms with Crippen LogP contribution in [0.5, 0.6) is 0 Å². The van der Waals surface area contributed by atoms with Crippen molar-refractivity contribution in [2.24, 2.45) is 0 Å². The summed E-state index contributed by atoms with van der Waals surface area (Å²) in [5.41, 5.74) is 1.14. The van der Waals surface area contributed by atoms with Crippen molar-refractivity contribution in [2.45, 2.75) is 44.8 Å². The Morgan fingerprint density at radius 2 is 2.11 bits per heavy atom. The number of rotatable bonds is 6. The SMILES string of the molecule is CCc1nnc(NC(=O)CSCc2nc3sc4c(c3c(=O)[nH]2)CCCC4)s1. The number of H-pyrrole nitrogens is 1. The van der Waals surface area contributed by atoms with Crippen molar-refractivity contribution in [2.75, 3.05) is 11.1 Å². The first kappa shape index (κ1) is 18.6. The van der Waals surface area contributed by atoms with E-state index in [0.29, 0.717) is 16.7 Å². The van der Waals surface area contributed by atoms with Crippen LogP contribution in [0.4, 0.5) is 5.13 Å². The van der Waals surface area contributed by atoms with Crippen molar-refractivity contribution < 1.29 is 4.79 Å². The van der Waals surface area contributed by atoms with Gasteiger partial charge in [0.25, 0.3) is 5.56 Å². The van der Waals surface area contributed by atoms with Crippen LogP contribution in [0.1, 0.15) is 41.0 Å². The lowest BCUT2D eigenvalue weighted by Crippen LogP contribution is -2.15. The first-order valence-corrected chi connectivity index (χ1v) is 11.7. The molecule has 0 saturated heterocycles. The van der Waals surface area contributed by atoms with Crippen LogP contribution in [0.3, 0.4) is 0 Å². The molecule has 3 aromatic rings. The highest BCUT2D eigenvalue weighted by Crippen LogP contribution is 2.33. The highest BCUT2D eigenvalue weighted by molar-refractivity contribution is 7.99. The zero-order valence-corrected chi connectivity index (χ0v) is 17.3. The first-order chi connectivity index (χ1) is 13.1. The average molecular weight is 422 g/mol. The van der Waals surface area contributed by atoms with Gasteiger partial charge < -0.3 is 4.98 Å². The van der Waals surface area contributed by atoms with Gasteiger partial charge in [-0.2, -0.15) is 0 Å². The number of amides is 1. The molecule has 0 aromatic carbocycles. The van der Waals surface area contributed by atoms with E-state index in [2.05, 4.69) is 25.5 Å². The molecular formula is C17H19N5O2S3. The molecular weight excluding hydrogens is 402 g/mol. The van der Waals surface area contributed by atoms with Crippen molar-refractivity contribution in [1.29, 1.82) is 0 Å². The molecule has 1 amide bonds. The Bertz CT molecular complexity index is 1040. The van der Waals surface area contributed by atoms with Gasteiger partial charge in [-0.05, 0) is 37.7 Å². The number of fused-ring (bicyclic) bond motifs is 3. The van der Waals surface area contributed by atoms with Crippen LogP contribution in [0.15, 0.2) is 4.79 Å². The summed E-state index contributed by atoms with van der Waals surface area (Å²) in [6, 6.07) is 0. The number of carbonyl (C=O) groups is 1. The molecule has 0 fully saturated rings. The molecule has 10 heteroatoms. The zero-order valence-electron chi connectivity index (χ0n) is 14.8. The molecule has 4 rings (SSSR count). The van der Waals surface area contributed by atoms with Crippen LogP contribution in [0, 0.1) is 0 Å². The maximum atomic E-state index is 12.5. The number of thiophene rings is 1. The van der Waals surface area contributed by atoms with Gasteiger partial charge in [0.15, 0.2) is 0 Å². The standard InChI is InChI=1S/C17H19N5O2S3/c1-2-13-21-22-17(27-13)20-12(23)8-25-7-11-18-15(24)14-9-5-3-4-6-10(9)26-16(14)19-11/h2-8H2,1H3,(H,18,19,24)(H,20,22,23). The number of carbonyl (C=O) groups excluding carboxylic acids is 1. The second-order valence-corrected chi connectivity index (χ2v) is 9.43. The maximum absolute atomic E-state index is 12.5. The predicted molar refractivity (Wildman–Crippen MR) is 111 cm³/mol. The van der Waals surface area contributed by atoms with Crippen LogP contribution in [-0.4, -0.2) is 31.8 Å². The fourth-order valence-corrected chi connectivity index (χ4v) is 5.79. The van der Waals surface area contributed by atoms with Gasteiger partial charge in [-0.15, -0.1) is 33.3 Å². The van der Waals surface area contributed by atoms with E-state index in [1.54, 1.807) is 11.3 Å². The van der Waals surface area contributed by atoms with Crippen molar-refractivity contribution in [3.05, 3.63) is 31.6 Å². The summed E-state index contributed by atoms with van der Waals surface area (Å²) >= 11 is 4.44. The Balaban J connectivity index is 1.39. The quantitative estimate of drug-likeness (QED) is 0.634. The summed E-state index contributed by atoms with van der Waals surface area (Å²) < 4.78 is 0. The van der Waals surface area contributed by atoms with Gasteiger partial charge in [-0.1, -0.05) is 18.3 Å². The van der Waals surface area contributed by atoms with E-state index in [0.717, 1.165) is 40.9 Å². The summed E-state index contributed by atoms with van der Waals surface area (Å²) in [4.78, 5) is 34.2. The van der Waals surface area contributed by atoms with Crippen molar-refractivity contribution in [3.8, 4) is 0 Å². The van der Waals surface area contributed by atoms with Gasteiger partial charge >= 0.3 is 0 Å². The summed E-state index contributed by atoms with van der Waals surface area (Å²) in [6.45, 7) is 2.00. The molecule has 1 aliphatic rings. The second-order valence-electron chi connectivity index (χ2n) is 6.30. The lowest BCUT2D eigenvalue weighted by molar-refractivity contribution is -0.113. The zero-order chi connectivity index (χ0) is 18.8. The molecule has 27 heavy (non-hydrogen) atoms. The second kappa shape index (κ2) is 8.07. The van der Waals surface area contributed by atoms with Gasteiger partial charge in [0.2, 0.25) is 11.0 Å². The minimum Gasteiger partial charge on any atom is -0.309 e. The highest BCUT2D eigenvalue weighted by Gasteiger charge is 2.19. The number of aryl methyl sites for hydroxylation is 3. The smallest absolute Gasteiger partial charge is 0.259 e. The number of nitrogens with one attached hydrogen (secondary N) is 2. The molecule has 0 saturated carbocycles. The highest BCUT2D eigenvalue weighted by atomic mass is 32.2. The third-order valence-electron chi connectivity index (χ3n) is 4.36. The van der Waals surface area contributed by atoms with Gasteiger partial charge in [-0.3, -0.25) is 14.9 Å². The van der Waals surface area contributed by atoms with Gasteiger partial charge in [0.1, 0.15) is 15.7 Å². The van der Waals surface area contributed by atoms with E-state index in [1.165, 1.54) is 40.0 Å². The number of aromatic amines is 1. The van der Waals surface area contributed by atoms with Crippen LogP contribution in [0.25, 0.3) is 10.2 Å². The molecule has 0 spiro atoms. The van der Waals surface area contributed by atoms with Gasteiger partial charge in [0, 0.05) is 4.88 Å². The largest absolute Gasteiger partial charge is 0.309 e. The molecule has 0 unspecified atom stereocenters. The number of thioether (sulfide) groups is 1. The predicted octanol–water partition coefficient (Wildman–Crippen LogP) is 3.15. The Morgan fingerprint density at radius 1 is 1.26 bits per heavy atom. The Morgan fingerprint density at radius 3 is 2.93 bits per heavy atom. The fourth-order valence-electron chi connectivity index (χ4n) is 3.12. The van der Waals surface area contributed by atoms with E-state index in [4.69, 9.17) is 0 Å². The minimum absolute atomic E-state index is 0.0552. The Labute approximate surface area is 168 Å². The van der Waals surface area contributed by atoms with E-state index in [-0.39, 0.29) is 17.2 Å². The number of nitrogens with zero attached hydrogens (tertiary/aromatic N) is 3. The minimum atomic E-state index is -0.131.